The summed E-state index contributed by atoms with van der Waals surface area (Å²) in [6.45, 7) is 6.65. The van der Waals surface area contributed by atoms with Gasteiger partial charge >= 0.3 is 12.0 Å². The van der Waals surface area contributed by atoms with Crippen LogP contribution in [0.1, 0.15) is 31.1 Å². The van der Waals surface area contributed by atoms with Gasteiger partial charge in [-0.3, -0.25) is 9.69 Å². The number of urea groups is 1. The number of benzene rings is 1. The lowest BCUT2D eigenvalue weighted by molar-refractivity contribution is -0.136. The molecule has 1 aliphatic heterocycles. The monoisotopic (exact) mass is 364 g/mol. The summed E-state index contributed by atoms with van der Waals surface area (Å²) in [6.07, 6.45) is -1.07. The van der Waals surface area contributed by atoms with Gasteiger partial charge in [-0.1, -0.05) is 13.8 Å². The van der Waals surface area contributed by atoms with E-state index in [0.29, 0.717) is 30.6 Å². The largest absolute Gasteiger partial charge is 0.493 e. The topological polar surface area (TPSA) is 94.2 Å². The minimum Gasteiger partial charge on any atom is -0.493 e. The van der Waals surface area contributed by atoms with Crippen LogP contribution in [0.4, 0.5) is 4.79 Å². The molecular weight excluding hydrogens is 340 g/mol. The van der Waals surface area contributed by atoms with Crippen molar-refractivity contribution < 1.29 is 28.6 Å². The van der Waals surface area contributed by atoms with E-state index in [0.717, 1.165) is 4.90 Å². The number of carbonyl (C=O) groups is 3. The van der Waals surface area contributed by atoms with Crippen LogP contribution >= 0.6 is 0 Å². The average molecular weight is 364 g/mol. The van der Waals surface area contributed by atoms with E-state index in [-0.39, 0.29) is 12.1 Å². The molecule has 0 aliphatic carbocycles. The van der Waals surface area contributed by atoms with Crippen molar-refractivity contribution in [2.24, 2.45) is 5.92 Å². The third-order valence-corrected chi connectivity index (χ3v) is 3.73. The Morgan fingerprint density at radius 1 is 1.23 bits per heavy atom. The minimum atomic E-state index is -1.07. The van der Waals surface area contributed by atoms with Gasteiger partial charge in [0.15, 0.2) is 17.6 Å². The Morgan fingerprint density at radius 3 is 2.54 bits per heavy atom. The molecule has 0 bridgehead atoms. The van der Waals surface area contributed by atoms with E-state index in [1.807, 2.05) is 13.8 Å². The Labute approximate surface area is 152 Å². The average Bonchev–Trinajstić information content (AvgIpc) is 3.04. The molecule has 1 aromatic rings. The number of hydrogen-bond donors (Lipinski definition) is 1. The Balaban J connectivity index is 2.04. The van der Waals surface area contributed by atoms with Gasteiger partial charge in [-0.25, -0.2) is 9.59 Å². The SMILES string of the molecule is COc1cc(C(=O)O[C@H](C)C(=O)N2CCNC2=O)ccc1OCC(C)C. The molecule has 2 rings (SSSR count). The van der Waals surface area contributed by atoms with Crippen molar-refractivity contribution in [2.75, 3.05) is 26.8 Å². The molecular formula is C18H24N2O6. The van der Waals surface area contributed by atoms with Crippen molar-refractivity contribution >= 4 is 17.9 Å². The number of ether oxygens (including phenoxy) is 3. The Morgan fingerprint density at radius 2 is 1.96 bits per heavy atom. The fraction of sp³-hybridized carbons (Fsp3) is 0.500. The predicted octanol–water partition coefficient (Wildman–Crippen LogP) is 1.83. The molecule has 1 fully saturated rings. The molecule has 0 aromatic heterocycles. The first-order chi connectivity index (χ1) is 12.3. The van der Waals surface area contributed by atoms with E-state index < -0.39 is 24.0 Å². The molecule has 3 amide bonds. The lowest BCUT2D eigenvalue weighted by Crippen LogP contribution is -2.41. The van der Waals surface area contributed by atoms with E-state index in [1.165, 1.54) is 20.1 Å². The number of methoxy groups -OCH3 is 1. The number of amides is 3. The summed E-state index contributed by atoms with van der Waals surface area (Å²) in [4.78, 5) is 37.1. The summed E-state index contributed by atoms with van der Waals surface area (Å²) in [5.41, 5.74) is 0.226. The maximum atomic E-state index is 12.3. The highest BCUT2D eigenvalue weighted by Crippen LogP contribution is 2.29. The second-order valence-corrected chi connectivity index (χ2v) is 6.34. The van der Waals surface area contributed by atoms with Crippen molar-refractivity contribution in [1.29, 1.82) is 0 Å². The van der Waals surface area contributed by atoms with Crippen LogP contribution < -0.4 is 14.8 Å². The first-order valence-corrected chi connectivity index (χ1v) is 8.44. The summed E-state index contributed by atoms with van der Waals surface area (Å²) >= 11 is 0. The van der Waals surface area contributed by atoms with Crippen molar-refractivity contribution in [3.05, 3.63) is 23.8 Å². The van der Waals surface area contributed by atoms with E-state index in [2.05, 4.69) is 5.32 Å². The maximum Gasteiger partial charge on any atom is 0.339 e. The third kappa shape index (κ3) is 4.65. The van der Waals surface area contributed by atoms with Gasteiger partial charge in [-0.15, -0.1) is 0 Å². The number of nitrogens with zero attached hydrogens (tertiary/aromatic N) is 1. The smallest absolute Gasteiger partial charge is 0.339 e. The number of esters is 1. The van der Waals surface area contributed by atoms with Gasteiger partial charge in [0.25, 0.3) is 5.91 Å². The molecule has 26 heavy (non-hydrogen) atoms. The van der Waals surface area contributed by atoms with Crippen LogP contribution in [0, 0.1) is 5.92 Å². The van der Waals surface area contributed by atoms with Crippen molar-refractivity contribution in [3.63, 3.8) is 0 Å². The van der Waals surface area contributed by atoms with Gasteiger partial charge in [0, 0.05) is 13.1 Å². The minimum absolute atomic E-state index is 0.226. The molecule has 1 heterocycles. The molecule has 0 radical (unpaired) electrons. The van der Waals surface area contributed by atoms with Crippen LogP contribution in [0.25, 0.3) is 0 Å². The van der Waals surface area contributed by atoms with Crippen molar-refractivity contribution in [2.45, 2.75) is 26.9 Å². The summed E-state index contributed by atoms with van der Waals surface area (Å²) in [5.74, 6) is 0.0315. The van der Waals surface area contributed by atoms with Gasteiger partial charge in [-0.05, 0) is 31.0 Å². The molecule has 8 nitrogen and oxygen atoms in total. The maximum absolute atomic E-state index is 12.3. The van der Waals surface area contributed by atoms with Crippen molar-refractivity contribution in [3.8, 4) is 11.5 Å². The number of rotatable bonds is 7. The highest BCUT2D eigenvalue weighted by atomic mass is 16.5. The molecule has 142 valence electrons. The molecule has 1 N–H and O–H groups in total. The zero-order chi connectivity index (χ0) is 19.3. The van der Waals surface area contributed by atoms with Gasteiger partial charge in [0.1, 0.15) is 0 Å². The summed E-state index contributed by atoms with van der Waals surface area (Å²) in [7, 11) is 1.48. The van der Waals surface area contributed by atoms with E-state index in [1.54, 1.807) is 12.1 Å². The molecule has 0 spiro atoms. The van der Waals surface area contributed by atoms with Crippen LogP contribution in [-0.4, -0.2) is 55.7 Å². The zero-order valence-electron chi connectivity index (χ0n) is 15.4. The standard InChI is InChI=1S/C18H24N2O6/c1-11(2)10-25-14-6-5-13(9-15(14)24-4)17(22)26-12(3)16(21)20-8-7-19-18(20)23/h5-6,9,11-12H,7-8,10H2,1-4H3,(H,19,23)/t12-/m1/s1. The highest BCUT2D eigenvalue weighted by molar-refractivity contribution is 5.99. The second kappa shape index (κ2) is 8.55. The molecule has 0 saturated carbocycles. The quantitative estimate of drug-likeness (QED) is 0.742. The Hall–Kier alpha value is -2.77. The van der Waals surface area contributed by atoms with Gasteiger partial charge in [0.05, 0.1) is 19.3 Å². The van der Waals surface area contributed by atoms with Gasteiger partial charge in [0.2, 0.25) is 0 Å². The third-order valence-electron chi connectivity index (χ3n) is 3.73. The first kappa shape index (κ1) is 19.6. The fourth-order valence-electron chi connectivity index (χ4n) is 2.35. The first-order valence-electron chi connectivity index (χ1n) is 8.44. The van der Waals surface area contributed by atoms with E-state index in [9.17, 15) is 14.4 Å². The Bertz CT molecular complexity index is 688. The number of nitrogens with one attached hydrogen (secondary N) is 1. The van der Waals surface area contributed by atoms with Crippen molar-refractivity contribution in [1.82, 2.24) is 10.2 Å². The normalized spacial score (nSPS) is 14.8. The predicted molar refractivity (Wildman–Crippen MR) is 93.3 cm³/mol. The fourth-order valence-corrected chi connectivity index (χ4v) is 2.35. The molecule has 1 aromatic carbocycles. The molecule has 1 atom stereocenters. The van der Waals surface area contributed by atoms with Crippen LogP contribution in [0.15, 0.2) is 18.2 Å². The summed E-state index contributed by atoms with van der Waals surface area (Å²) < 4.78 is 16.1. The number of imide groups is 1. The lowest BCUT2D eigenvalue weighted by Gasteiger charge is -2.18. The van der Waals surface area contributed by atoms with Crippen LogP contribution in [0.2, 0.25) is 0 Å². The number of hydrogen-bond acceptors (Lipinski definition) is 6. The van der Waals surface area contributed by atoms with Gasteiger partial charge in [-0.2, -0.15) is 0 Å². The summed E-state index contributed by atoms with van der Waals surface area (Å²) in [5, 5.41) is 2.53. The number of carbonyl (C=O) groups excluding carboxylic acids is 3. The van der Waals surface area contributed by atoms with Crippen LogP contribution in [0.5, 0.6) is 11.5 Å². The lowest BCUT2D eigenvalue weighted by atomic mass is 10.2. The van der Waals surface area contributed by atoms with Crippen LogP contribution in [-0.2, 0) is 9.53 Å². The molecule has 1 aliphatic rings. The molecule has 1 saturated heterocycles. The van der Waals surface area contributed by atoms with Crippen LogP contribution in [0.3, 0.4) is 0 Å². The molecule has 0 unspecified atom stereocenters. The summed E-state index contributed by atoms with van der Waals surface area (Å²) in [6, 6.07) is 4.18. The second-order valence-electron chi connectivity index (χ2n) is 6.34. The zero-order valence-corrected chi connectivity index (χ0v) is 15.4. The van der Waals surface area contributed by atoms with E-state index >= 15 is 0 Å². The van der Waals surface area contributed by atoms with E-state index in [4.69, 9.17) is 14.2 Å². The Kier molecular flexibility index (Phi) is 6.43. The highest BCUT2D eigenvalue weighted by Gasteiger charge is 2.31. The van der Waals surface area contributed by atoms with Gasteiger partial charge < -0.3 is 19.5 Å². The molecule has 8 heteroatoms.